The largest absolute Gasteiger partial charge is 0.427 e. The zero-order valence-corrected chi connectivity index (χ0v) is 16.2. The van der Waals surface area contributed by atoms with Crippen molar-refractivity contribution in [2.24, 2.45) is 4.99 Å². The molecule has 2 aromatic carbocycles. The van der Waals surface area contributed by atoms with Gasteiger partial charge < -0.3 is 4.74 Å². The lowest BCUT2D eigenvalue weighted by Gasteiger charge is -2.19. The highest BCUT2D eigenvalue weighted by atomic mass is 32.2. The Labute approximate surface area is 162 Å². The molecule has 0 spiro atoms. The van der Waals surface area contributed by atoms with Crippen molar-refractivity contribution in [1.82, 2.24) is 4.90 Å². The summed E-state index contributed by atoms with van der Waals surface area (Å²) in [5, 5.41) is 0.670. The number of thioether (sulfide) groups is 1. The van der Waals surface area contributed by atoms with Crippen LogP contribution >= 0.6 is 11.8 Å². The van der Waals surface area contributed by atoms with Crippen molar-refractivity contribution in [2.45, 2.75) is 26.8 Å². The van der Waals surface area contributed by atoms with Gasteiger partial charge in [0, 0.05) is 13.0 Å². The Hall–Kier alpha value is -2.86. The smallest absolute Gasteiger partial charge is 0.308 e. The zero-order valence-electron chi connectivity index (χ0n) is 15.4. The van der Waals surface area contributed by atoms with Gasteiger partial charge in [-0.1, -0.05) is 30.3 Å². The van der Waals surface area contributed by atoms with Gasteiger partial charge in [-0.05, 0) is 61.5 Å². The van der Waals surface area contributed by atoms with Crippen LogP contribution in [0.1, 0.15) is 26.3 Å². The molecule has 1 amide bonds. The maximum absolute atomic E-state index is 12.9. The molecule has 6 heteroatoms. The number of aliphatic imine (C=N–C) groups is 1. The minimum absolute atomic E-state index is 0.00436. The average Bonchev–Trinajstić information content (AvgIpc) is 2.92. The predicted molar refractivity (Wildman–Crippen MR) is 109 cm³/mol. The molecular weight excluding hydrogens is 360 g/mol. The minimum Gasteiger partial charge on any atom is -0.427 e. The van der Waals surface area contributed by atoms with Gasteiger partial charge in [0.2, 0.25) is 0 Å². The SMILES string of the molecule is CC(=O)Oc1ccc(C=C2SC(=Nc3ccccc3)N(C(C)C)C2=O)cc1. The molecule has 1 heterocycles. The number of amides is 1. The van der Waals surface area contributed by atoms with Crippen molar-refractivity contribution < 1.29 is 14.3 Å². The third kappa shape index (κ3) is 4.65. The number of rotatable bonds is 4. The third-order valence-electron chi connectivity index (χ3n) is 3.77. The van der Waals surface area contributed by atoms with E-state index < -0.39 is 0 Å². The van der Waals surface area contributed by atoms with Crippen molar-refractivity contribution in [1.29, 1.82) is 0 Å². The number of ether oxygens (including phenoxy) is 1. The first-order chi connectivity index (χ1) is 12.9. The van der Waals surface area contributed by atoms with Crippen LogP contribution in [0.25, 0.3) is 6.08 Å². The van der Waals surface area contributed by atoms with Crippen LogP contribution in [0.2, 0.25) is 0 Å². The average molecular weight is 380 g/mol. The summed E-state index contributed by atoms with van der Waals surface area (Å²) in [7, 11) is 0. The monoisotopic (exact) mass is 380 g/mol. The van der Waals surface area contributed by atoms with Gasteiger partial charge in [-0.25, -0.2) is 4.99 Å². The van der Waals surface area contributed by atoms with E-state index in [2.05, 4.69) is 4.99 Å². The van der Waals surface area contributed by atoms with Gasteiger partial charge >= 0.3 is 5.97 Å². The Morgan fingerprint density at radius 3 is 2.37 bits per heavy atom. The number of hydrogen-bond donors (Lipinski definition) is 0. The fourth-order valence-corrected chi connectivity index (χ4v) is 3.70. The van der Waals surface area contributed by atoms with E-state index in [9.17, 15) is 9.59 Å². The highest BCUT2D eigenvalue weighted by molar-refractivity contribution is 8.18. The zero-order chi connectivity index (χ0) is 19.4. The van der Waals surface area contributed by atoms with Gasteiger partial charge in [-0.15, -0.1) is 0 Å². The van der Waals surface area contributed by atoms with Gasteiger partial charge in [0.05, 0.1) is 10.6 Å². The number of amidine groups is 1. The molecule has 0 aliphatic carbocycles. The number of carbonyl (C=O) groups excluding carboxylic acids is 2. The Morgan fingerprint density at radius 1 is 1.11 bits per heavy atom. The highest BCUT2D eigenvalue weighted by Gasteiger charge is 2.35. The van der Waals surface area contributed by atoms with Gasteiger partial charge in [-0.3, -0.25) is 14.5 Å². The molecule has 0 bridgehead atoms. The molecule has 0 saturated carbocycles. The summed E-state index contributed by atoms with van der Waals surface area (Å²) in [6.45, 7) is 5.30. The normalized spacial score (nSPS) is 17.2. The van der Waals surface area contributed by atoms with Gasteiger partial charge in [-0.2, -0.15) is 0 Å². The topological polar surface area (TPSA) is 59.0 Å². The second-order valence-electron chi connectivity index (χ2n) is 6.27. The molecule has 2 aromatic rings. The van der Waals surface area contributed by atoms with Crippen molar-refractivity contribution >= 4 is 40.6 Å². The van der Waals surface area contributed by atoms with E-state index in [0.717, 1.165) is 11.3 Å². The molecule has 0 N–H and O–H groups in total. The van der Waals surface area contributed by atoms with Crippen molar-refractivity contribution in [2.75, 3.05) is 0 Å². The highest BCUT2D eigenvalue weighted by Crippen LogP contribution is 2.35. The first kappa shape index (κ1) is 18.9. The van der Waals surface area contributed by atoms with E-state index in [0.29, 0.717) is 15.8 Å². The van der Waals surface area contributed by atoms with E-state index in [1.165, 1.54) is 18.7 Å². The third-order valence-corrected chi connectivity index (χ3v) is 4.76. The quantitative estimate of drug-likeness (QED) is 0.441. The van der Waals surface area contributed by atoms with Crippen LogP contribution in [-0.4, -0.2) is 28.0 Å². The van der Waals surface area contributed by atoms with E-state index in [1.807, 2.05) is 62.4 Å². The molecule has 3 rings (SSSR count). The molecule has 1 saturated heterocycles. The van der Waals surface area contributed by atoms with Gasteiger partial charge in [0.15, 0.2) is 5.17 Å². The van der Waals surface area contributed by atoms with E-state index in [4.69, 9.17) is 4.74 Å². The van der Waals surface area contributed by atoms with Crippen molar-refractivity contribution in [3.05, 3.63) is 65.1 Å². The standard InChI is InChI=1S/C21H20N2O3S/c1-14(2)23-20(25)19(27-21(23)22-17-7-5-4-6-8-17)13-16-9-11-18(12-10-16)26-15(3)24/h4-14H,1-3H3. The Balaban J connectivity index is 1.88. The summed E-state index contributed by atoms with van der Waals surface area (Å²) in [6.07, 6.45) is 1.83. The van der Waals surface area contributed by atoms with Crippen molar-refractivity contribution in [3.63, 3.8) is 0 Å². The number of hydrogen-bond acceptors (Lipinski definition) is 5. The van der Waals surface area contributed by atoms with Crippen LogP contribution in [0.15, 0.2) is 64.5 Å². The number of benzene rings is 2. The Morgan fingerprint density at radius 2 is 1.78 bits per heavy atom. The van der Waals surface area contributed by atoms with Crippen molar-refractivity contribution in [3.8, 4) is 5.75 Å². The molecule has 0 unspecified atom stereocenters. The lowest BCUT2D eigenvalue weighted by Crippen LogP contribution is -2.35. The second-order valence-corrected chi connectivity index (χ2v) is 7.28. The molecular formula is C21H20N2O3S. The van der Waals surface area contributed by atoms with E-state index >= 15 is 0 Å². The minimum atomic E-state index is -0.364. The van der Waals surface area contributed by atoms with E-state index in [1.54, 1.807) is 17.0 Å². The summed E-state index contributed by atoms with van der Waals surface area (Å²) < 4.78 is 5.03. The summed E-state index contributed by atoms with van der Waals surface area (Å²) >= 11 is 1.36. The van der Waals surface area contributed by atoms with Crippen LogP contribution < -0.4 is 4.74 Å². The van der Waals surface area contributed by atoms with Crippen LogP contribution in [0.5, 0.6) is 5.75 Å². The number of carbonyl (C=O) groups is 2. The maximum atomic E-state index is 12.9. The van der Waals surface area contributed by atoms with Crippen LogP contribution in [-0.2, 0) is 9.59 Å². The lowest BCUT2D eigenvalue weighted by atomic mass is 10.2. The Kier molecular flexibility index (Phi) is 5.76. The molecule has 1 aliphatic heterocycles. The number of para-hydroxylation sites is 1. The molecule has 1 aliphatic rings. The molecule has 0 radical (unpaired) electrons. The summed E-state index contributed by atoms with van der Waals surface area (Å²) in [6, 6.07) is 16.6. The van der Waals surface area contributed by atoms with Crippen LogP contribution in [0.3, 0.4) is 0 Å². The molecule has 5 nitrogen and oxygen atoms in total. The molecule has 138 valence electrons. The Bertz CT molecular complexity index is 903. The van der Waals surface area contributed by atoms with Gasteiger partial charge in [0.1, 0.15) is 5.75 Å². The molecule has 1 fully saturated rings. The predicted octanol–water partition coefficient (Wildman–Crippen LogP) is 4.62. The lowest BCUT2D eigenvalue weighted by molar-refractivity contribution is -0.131. The number of esters is 1. The van der Waals surface area contributed by atoms with E-state index in [-0.39, 0.29) is 17.9 Å². The van der Waals surface area contributed by atoms with Crippen LogP contribution in [0, 0.1) is 0 Å². The molecule has 0 atom stereocenters. The molecule has 0 aromatic heterocycles. The summed E-state index contributed by atoms with van der Waals surface area (Å²) in [4.78, 5) is 30.8. The first-order valence-electron chi connectivity index (χ1n) is 8.59. The second kappa shape index (κ2) is 8.22. The number of nitrogens with zero attached hydrogens (tertiary/aromatic N) is 2. The van der Waals surface area contributed by atoms with Gasteiger partial charge in [0.25, 0.3) is 5.91 Å². The molecule has 27 heavy (non-hydrogen) atoms. The maximum Gasteiger partial charge on any atom is 0.308 e. The summed E-state index contributed by atoms with van der Waals surface area (Å²) in [5.74, 6) is 0.0518. The fraction of sp³-hybridized carbons (Fsp3) is 0.190. The van der Waals surface area contributed by atoms with Crippen LogP contribution in [0.4, 0.5) is 5.69 Å². The first-order valence-corrected chi connectivity index (χ1v) is 9.41. The fourth-order valence-electron chi connectivity index (χ4n) is 2.58. The summed E-state index contributed by atoms with van der Waals surface area (Å²) in [5.41, 5.74) is 1.66.